The maximum Gasteiger partial charge on any atom is 0.329 e. The molecule has 0 saturated heterocycles. The van der Waals surface area contributed by atoms with E-state index >= 15 is 0 Å². The van der Waals surface area contributed by atoms with E-state index in [1.165, 1.54) is 13.3 Å². The Kier molecular flexibility index (Phi) is 5.25. The van der Waals surface area contributed by atoms with E-state index in [0.29, 0.717) is 11.4 Å². The second-order valence-corrected chi connectivity index (χ2v) is 4.30. The number of nitrogens with one attached hydrogen (secondary N) is 2. The molecule has 0 unspecified atom stereocenters. The lowest BCUT2D eigenvalue weighted by atomic mass is 10.2. The fraction of sp³-hybridized carbons (Fsp3) is 0.0625. The van der Waals surface area contributed by atoms with E-state index in [0.717, 1.165) is 5.56 Å². The number of rotatable bonds is 4. The number of hydrogen-bond acceptors (Lipinski definition) is 4. The van der Waals surface area contributed by atoms with Crippen LogP contribution in [0.25, 0.3) is 0 Å². The summed E-state index contributed by atoms with van der Waals surface area (Å²) in [6.45, 7) is 0. The zero-order valence-corrected chi connectivity index (χ0v) is 11.9. The fourth-order valence-electron chi connectivity index (χ4n) is 1.64. The Morgan fingerprint density at radius 2 is 1.82 bits per heavy atom. The van der Waals surface area contributed by atoms with Gasteiger partial charge in [0.15, 0.2) is 0 Å². The molecule has 0 aromatic heterocycles. The minimum atomic E-state index is -0.852. The van der Waals surface area contributed by atoms with Gasteiger partial charge in [0, 0.05) is 11.8 Å². The Morgan fingerprint density at radius 3 is 2.55 bits per heavy atom. The van der Waals surface area contributed by atoms with Crippen LogP contribution in [0.1, 0.15) is 5.56 Å². The summed E-state index contributed by atoms with van der Waals surface area (Å²) in [6, 6.07) is 15.9. The Bertz CT molecular complexity index is 684. The van der Waals surface area contributed by atoms with Crippen LogP contribution in [0.4, 0.5) is 5.69 Å². The topological polar surface area (TPSA) is 79.8 Å². The van der Waals surface area contributed by atoms with Gasteiger partial charge in [-0.05, 0) is 17.7 Å². The summed E-state index contributed by atoms with van der Waals surface area (Å²) in [7, 11) is 1.52. The predicted molar refractivity (Wildman–Crippen MR) is 83.8 cm³/mol. The fourth-order valence-corrected chi connectivity index (χ4v) is 1.64. The van der Waals surface area contributed by atoms with Crippen molar-refractivity contribution < 1.29 is 14.3 Å². The van der Waals surface area contributed by atoms with E-state index in [-0.39, 0.29) is 0 Å². The largest absolute Gasteiger partial charge is 0.497 e. The molecule has 0 bridgehead atoms. The molecule has 2 rings (SSSR count). The minimum Gasteiger partial charge on any atom is -0.497 e. The smallest absolute Gasteiger partial charge is 0.329 e. The summed E-state index contributed by atoms with van der Waals surface area (Å²) in [5, 5.41) is 6.19. The van der Waals surface area contributed by atoms with E-state index in [2.05, 4.69) is 15.8 Å². The Balaban J connectivity index is 1.89. The van der Waals surface area contributed by atoms with E-state index in [1.807, 2.05) is 30.3 Å². The quantitative estimate of drug-likeness (QED) is 0.513. The Hall–Kier alpha value is -3.15. The van der Waals surface area contributed by atoms with Crippen molar-refractivity contribution in [3.8, 4) is 5.75 Å². The number of hydrogen-bond donors (Lipinski definition) is 2. The molecular formula is C16H15N3O3. The van der Waals surface area contributed by atoms with Gasteiger partial charge in [-0.3, -0.25) is 9.59 Å². The lowest BCUT2D eigenvalue weighted by Gasteiger charge is -2.05. The van der Waals surface area contributed by atoms with Gasteiger partial charge in [0.1, 0.15) is 5.75 Å². The van der Waals surface area contributed by atoms with Crippen LogP contribution in [-0.2, 0) is 9.59 Å². The van der Waals surface area contributed by atoms with Gasteiger partial charge in [-0.1, -0.05) is 36.4 Å². The number of benzene rings is 2. The highest BCUT2D eigenvalue weighted by Gasteiger charge is 2.12. The molecule has 2 aromatic carbocycles. The first-order valence-electron chi connectivity index (χ1n) is 6.52. The summed E-state index contributed by atoms with van der Waals surface area (Å²) in [6.07, 6.45) is 1.46. The van der Waals surface area contributed by atoms with Crippen molar-refractivity contribution >= 4 is 23.7 Å². The molecular weight excluding hydrogens is 282 g/mol. The van der Waals surface area contributed by atoms with Gasteiger partial charge in [0.25, 0.3) is 0 Å². The molecule has 0 spiro atoms. The number of carbonyl (C=O) groups is 2. The molecule has 0 saturated carbocycles. The first kappa shape index (κ1) is 15.2. The van der Waals surface area contributed by atoms with Gasteiger partial charge in [0.2, 0.25) is 0 Å². The van der Waals surface area contributed by atoms with Crippen LogP contribution >= 0.6 is 0 Å². The normalized spacial score (nSPS) is 10.2. The third-order valence-corrected chi connectivity index (χ3v) is 2.71. The Labute approximate surface area is 127 Å². The molecule has 22 heavy (non-hydrogen) atoms. The van der Waals surface area contributed by atoms with E-state index in [4.69, 9.17) is 4.74 Å². The Morgan fingerprint density at radius 1 is 1.05 bits per heavy atom. The molecule has 2 amide bonds. The highest BCUT2D eigenvalue weighted by atomic mass is 16.5. The second kappa shape index (κ2) is 7.58. The summed E-state index contributed by atoms with van der Waals surface area (Å²) < 4.78 is 5.04. The van der Waals surface area contributed by atoms with E-state index in [1.54, 1.807) is 24.3 Å². The predicted octanol–water partition coefficient (Wildman–Crippen LogP) is 1.78. The molecule has 0 fully saturated rings. The van der Waals surface area contributed by atoms with Crippen molar-refractivity contribution in [3.63, 3.8) is 0 Å². The van der Waals surface area contributed by atoms with Gasteiger partial charge in [-0.15, -0.1) is 0 Å². The summed E-state index contributed by atoms with van der Waals surface area (Å²) in [4.78, 5) is 23.3. The monoisotopic (exact) mass is 297 g/mol. The number of carbonyl (C=O) groups excluding carboxylic acids is 2. The van der Waals surface area contributed by atoms with E-state index < -0.39 is 11.8 Å². The van der Waals surface area contributed by atoms with Crippen molar-refractivity contribution in [2.45, 2.75) is 0 Å². The molecule has 0 aliphatic heterocycles. The van der Waals surface area contributed by atoms with Crippen molar-refractivity contribution in [1.29, 1.82) is 0 Å². The van der Waals surface area contributed by atoms with Crippen LogP contribution in [0.5, 0.6) is 5.75 Å². The number of methoxy groups -OCH3 is 1. The van der Waals surface area contributed by atoms with Crippen molar-refractivity contribution in [1.82, 2.24) is 5.43 Å². The van der Waals surface area contributed by atoms with Gasteiger partial charge in [-0.25, -0.2) is 5.43 Å². The third-order valence-electron chi connectivity index (χ3n) is 2.71. The maximum atomic E-state index is 11.7. The van der Waals surface area contributed by atoms with Gasteiger partial charge >= 0.3 is 11.8 Å². The van der Waals surface area contributed by atoms with Crippen molar-refractivity contribution in [3.05, 3.63) is 60.2 Å². The first-order valence-corrected chi connectivity index (χ1v) is 6.52. The SMILES string of the molecule is COc1cccc(NC(=O)C(=O)NN=Cc2ccccc2)c1. The van der Waals surface area contributed by atoms with Crippen LogP contribution in [0.15, 0.2) is 59.7 Å². The maximum absolute atomic E-state index is 11.7. The highest BCUT2D eigenvalue weighted by Crippen LogP contribution is 2.16. The lowest BCUT2D eigenvalue weighted by Crippen LogP contribution is -2.32. The summed E-state index contributed by atoms with van der Waals surface area (Å²) >= 11 is 0. The average Bonchev–Trinajstić information content (AvgIpc) is 2.56. The highest BCUT2D eigenvalue weighted by molar-refractivity contribution is 6.39. The number of ether oxygens (including phenoxy) is 1. The van der Waals surface area contributed by atoms with Crippen LogP contribution in [0.2, 0.25) is 0 Å². The zero-order chi connectivity index (χ0) is 15.8. The number of nitrogens with zero attached hydrogens (tertiary/aromatic N) is 1. The summed E-state index contributed by atoms with van der Waals surface area (Å²) in [5.74, 6) is -1.08. The average molecular weight is 297 g/mol. The molecule has 0 aliphatic carbocycles. The number of amides is 2. The molecule has 0 heterocycles. The molecule has 6 heteroatoms. The third kappa shape index (κ3) is 4.45. The van der Waals surface area contributed by atoms with Gasteiger partial charge in [-0.2, -0.15) is 5.10 Å². The van der Waals surface area contributed by atoms with Crippen LogP contribution in [0.3, 0.4) is 0 Å². The molecule has 6 nitrogen and oxygen atoms in total. The minimum absolute atomic E-state index is 0.464. The molecule has 112 valence electrons. The standard InChI is InChI=1S/C16H15N3O3/c1-22-14-9-5-8-13(10-14)18-15(20)16(21)19-17-11-12-6-3-2-4-7-12/h2-11H,1H3,(H,18,20)(H,19,21). The van der Waals surface area contributed by atoms with Crippen LogP contribution in [-0.4, -0.2) is 25.1 Å². The van der Waals surface area contributed by atoms with Crippen LogP contribution < -0.4 is 15.5 Å². The van der Waals surface area contributed by atoms with Gasteiger partial charge < -0.3 is 10.1 Å². The summed E-state index contributed by atoms with van der Waals surface area (Å²) in [5.41, 5.74) is 3.45. The first-order chi connectivity index (χ1) is 10.7. The number of anilines is 1. The second-order valence-electron chi connectivity index (χ2n) is 4.30. The van der Waals surface area contributed by atoms with Crippen LogP contribution in [0, 0.1) is 0 Å². The zero-order valence-electron chi connectivity index (χ0n) is 11.9. The molecule has 0 radical (unpaired) electrons. The van der Waals surface area contributed by atoms with Crippen molar-refractivity contribution in [2.75, 3.05) is 12.4 Å². The van der Waals surface area contributed by atoms with Gasteiger partial charge in [0.05, 0.1) is 13.3 Å². The molecule has 0 atom stereocenters. The van der Waals surface area contributed by atoms with Crippen molar-refractivity contribution in [2.24, 2.45) is 5.10 Å². The van der Waals surface area contributed by atoms with E-state index in [9.17, 15) is 9.59 Å². The molecule has 2 aromatic rings. The molecule has 0 aliphatic rings. The lowest BCUT2D eigenvalue weighted by molar-refractivity contribution is -0.136. The molecule has 2 N–H and O–H groups in total. The number of hydrazone groups is 1.